The number of rotatable bonds is 4. The van der Waals surface area contributed by atoms with Gasteiger partial charge in [-0.3, -0.25) is 0 Å². The van der Waals surface area contributed by atoms with Crippen molar-refractivity contribution in [3.8, 4) is 0 Å². The van der Waals surface area contributed by atoms with Crippen LogP contribution in [0.1, 0.15) is 66.2 Å². The third-order valence-corrected chi connectivity index (χ3v) is 6.28. The molecule has 0 aromatic rings. The first-order chi connectivity index (χ1) is 10.8. The zero-order chi connectivity index (χ0) is 17.3. The molecule has 3 aliphatic rings. The minimum absolute atomic E-state index is 0. The van der Waals surface area contributed by atoms with Gasteiger partial charge >= 0.3 is 0 Å². The van der Waals surface area contributed by atoms with Gasteiger partial charge in [0.05, 0.1) is 5.60 Å². The average Bonchev–Trinajstić information content (AvgIpc) is 2.94. The molecule has 3 fully saturated rings. The van der Waals surface area contributed by atoms with E-state index in [-0.39, 0.29) is 30.1 Å². The lowest BCUT2D eigenvalue weighted by molar-refractivity contribution is -0.269. The van der Waals surface area contributed by atoms with Crippen LogP contribution in [0.3, 0.4) is 0 Å². The molecule has 1 saturated carbocycles. The largest absolute Gasteiger partial charge is 0.385 e. The molecule has 2 heterocycles. The third-order valence-electron chi connectivity index (χ3n) is 6.28. The first kappa shape index (κ1) is 24.9. The third kappa shape index (κ3) is 4.59. The molecule has 2 aliphatic heterocycles. The molecule has 150 valence electrons. The number of fused-ring (bicyclic) bond motifs is 1. The molecule has 25 heavy (non-hydrogen) atoms. The molecule has 0 aromatic carbocycles. The number of methoxy groups -OCH3 is 1. The van der Waals surface area contributed by atoms with Gasteiger partial charge in [0.2, 0.25) is 0 Å². The van der Waals surface area contributed by atoms with Crippen molar-refractivity contribution < 1.29 is 14.6 Å². The van der Waals surface area contributed by atoms with Crippen LogP contribution in [0.25, 0.3) is 0 Å². The number of ether oxygens (including phenoxy) is 2. The number of hydrogen-bond donors (Lipinski definition) is 2. The monoisotopic (exact) mass is 377 g/mol. The van der Waals surface area contributed by atoms with Crippen LogP contribution in [-0.4, -0.2) is 30.2 Å². The molecule has 2 saturated heterocycles. The first-order valence-corrected chi connectivity index (χ1v) is 9.39. The van der Waals surface area contributed by atoms with E-state index in [1.165, 1.54) is 31.3 Å². The molecule has 2 bridgehead atoms. The summed E-state index contributed by atoms with van der Waals surface area (Å²) in [4.78, 5) is 0. The highest BCUT2D eigenvalue weighted by Crippen LogP contribution is 2.63. The van der Waals surface area contributed by atoms with Crippen molar-refractivity contribution in [2.24, 2.45) is 23.7 Å². The average molecular weight is 378 g/mol. The quantitative estimate of drug-likeness (QED) is 0.526. The Morgan fingerprint density at radius 3 is 2.48 bits per heavy atom. The molecule has 3 rings (SSSR count). The number of unbranched alkanes of at least 4 members (excludes halogenated alkanes) is 1. The highest BCUT2D eigenvalue weighted by Gasteiger charge is 2.66. The molecule has 4 nitrogen and oxygen atoms in total. The summed E-state index contributed by atoms with van der Waals surface area (Å²) >= 11 is 0. The van der Waals surface area contributed by atoms with Gasteiger partial charge in [-0.2, -0.15) is 0 Å². The molecule has 1 aliphatic carbocycles. The van der Waals surface area contributed by atoms with E-state index < -0.39 is 5.79 Å². The molecule has 1 spiro atoms. The predicted molar refractivity (Wildman–Crippen MR) is 106 cm³/mol. The van der Waals surface area contributed by atoms with Crippen LogP contribution in [0.5, 0.6) is 0 Å². The molecule has 0 aromatic heterocycles. The summed E-state index contributed by atoms with van der Waals surface area (Å²) in [5.74, 6) is 0.852. The lowest BCUT2D eigenvalue weighted by Crippen LogP contribution is -2.48. The fourth-order valence-electron chi connectivity index (χ4n) is 4.92. The summed E-state index contributed by atoms with van der Waals surface area (Å²) in [6.07, 6.45) is 6.50. The summed E-state index contributed by atoms with van der Waals surface area (Å²) in [6, 6.07) is 0. The maximum Gasteiger partial charge on any atom is 0.173 e. The van der Waals surface area contributed by atoms with Crippen molar-refractivity contribution in [1.82, 2.24) is 6.15 Å². The van der Waals surface area contributed by atoms with Gasteiger partial charge in [-0.25, -0.2) is 0 Å². The summed E-state index contributed by atoms with van der Waals surface area (Å²) in [7, 11) is 1.73. The second-order valence-corrected chi connectivity index (χ2v) is 8.17. The van der Waals surface area contributed by atoms with E-state index in [9.17, 15) is 5.11 Å². The maximum atomic E-state index is 10.8. The normalized spacial score (nSPS) is 38.4. The fraction of sp³-hybridized carbons (Fsp3) is 0.900. The zero-order valence-corrected chi connectivity index (χ0v) is 17.7. The van der Waals surface area contributed by atoms with Gasteiger partial charge in [0.1, 0.15) is 0 Å². The minimum atomic E-state index is -0.930. The first-order valence-electron chi connectivity index (χ1n) is 9.39. The maximum absolute atomic E-state index is 10.8. The van der Waals surface area contributed by atoms with Crippen LogP contribution in [-0.2, 0) is 9.47 Å². The zero-order valence-electron chi connectivity index (χ0n) is 16.8. The van der Waals surface area contributed by atoms with Gasteiger partial charge in [-0.15, -0.1) is 12.4 Å². The van der Waals surface area contributed by atoms with Crippen LogP contribution in [0.4, 0.5) is 0 Å². The standard InChI is InChI=1S/C15H24O2.C5H12O.ClH.H3N/c1-9(2)13-8-14-11(4)5-6-12(14)10(3)7-15(13,16)17-14;1-3-4-5-6-2;;/h9,11-13,16H,3,5-8H2,1-2,4H3;3-5H2,1-2H3;1H;1H3/t11-,12-,13-,14-,15-;;;/m0.../s1. The van der Waals surface area contributed by atoms with Gasteiger partial charge < -0.3 is 20.7 Å². The van der Waals surface area contributed by atoms with Crippen LogP contribution in [0.15, 0.2) is 12.2 Å². The SMILES string of the molecule is C=C1C[C@]2(O)O[C@@]3(C[C@H]2C(C)C)[C@@H](C)CC[C@@H]13.CCCCOC.Cl.N. The van der Waals surface area contributed by atoms with Crippen LogP contribution in [0, 0.1) is 23.7 Å². The Morgan fingerprint density at radius 2 is 2.00 bits per heavy atom. The molecule has 0 unspecified atom stereocenters. The predicted octanol–water partition coefficient (Wildman–Crippen LogP) is 5.13. The Morgan fingerprint density at radius 1 is 1.36 bits per heavy atom. The Labute approximate surface area is 160 Å². The lowest BCUT2D eigenvalue weighted by Gasteiger charge is -2.43. The van der Waals surface area contributed by atoms with E-state index in [4.69, 9.17) is 9.47 Å². The number of halogens is 1. The molecule has 5 atom stereocenters. The molecule has 0 amide bonds. The summed E-state index contributed by atoms with van der Waals surface area (Å²) in [5, 5.41) is 10.8. The van der Waals surface area contributed by atoms with Gasteiger partial charge in [0.25, 0.3) is 0 Å². The Bertz CT molecular complexity index is 427. The van der Waals surface area contributed by atoms with E-state index in [1.807, 2.05) is 0 Å². The van der Waals surface area contributed by atoms with Gasteiger partial charge in [0.15, 0.2) is 5.79 Å². The van der Waals surface area contributed by atoms with Crippen molar-refractivity contribution in [2.75, 3.05) is 13.7 Å². The van der Waals surface area contributed by atoms with Crippen LogP contribution < -0.4 is 6.15 Å². The van der Waals surface area contributed by atoms with Crippen LogP contribution in [0.2, 0.25) is 0 Å². The van der Waals surface area contributed by atoms with Crippen LogP contribution >= 0.6 is 12.4 Å². The topological polar surface area (TPSA) is 73.7 Å². The Balaban J connectivity index is 0.000000633. The van der Waals surface area contributed by atoms with E-state index >= 15 is 0 Å². The fourth-order valence-corrected chi connectivity index (χ4v) is 4.92. The number of hydrogen-bond acceptors (Lipinski definition) is 4. The smallest absolute Gasteiger partial charge is 0.173 e. The molecular weight excluding hydrogens is 338 g/mol. The highest BCUT2D eigenvalue weighted by molar-refractivity contribution is 5.85. The Kier molecular flexibility index (Phi) is 9.65. The molecule has 5 heteroatoms. The van der Waals surface area contributed by atoms with Gasteiger partial charge in [0, 0.05) is 32.0 Å². The minimum Gasteiger partial charge on any atom is -0.385 e. The second-order valence-electron chi connectivity index (χ2n) is 8.17. The van der Waals surface area contributed by atoms with E-state index in [0.29, 0.717) is 24.2 Å². The van der Waals surface area contributed by atoms with E-state index in [2.05, 4.69) is 34.3 Å². The van der Waals surface area contributed by atoms with E-state index in [0.717, 1.165) is 13.0 Å². The summed E-state index contributed by atoms with van der Waals surface area (Å²) in [6.45, 7) is 14.0. The molecule has 0 radical (unpaired) electrons. The van der Waals surface area contributed by atoms with Crippen molar-refractivity contribution >= 4 is 12.4 Å². The van der Waals surface area contributed by atoms with Crippen molar-refractivity contribution in [3.63, 3.8) is 0 Å². The van der Waals surface area contributed by atoms with Crippen molar-refractivity contribution in [1.29, 1.82) is 0 Å². The summed E-state index contributed by atoms with van der Waals surface area (Å²) < 4.78 is 11.0. The van der Waals surface area contributed by atoms with E-state index in [1.54, 1.807) is 7.11 Å². The Hall–Kier alpha value is -0.130. The summed E-state index contributed by atoms with van der Waals surface area (Å²) in [5.41, 5.74) is 1.13. The second kappa shape index (κ2) is 9.70. The molecule has 4 N–H and O–H groups in total. The van der Waals surface area contributed by atoms with Gasteiger partial charge in [-0.1, -0.05) is 46.3 Å². The van der Waals surface area contributed by atoms with Crippen molar-refractivity contribution in [2.45, 2.75) is 77.6 Å². The molecular formula is C20H40ClNO3. The lowest BCUT2D eigenvalue weighted by atomic mass is 9.77. The van der Waals surface area contributed by atoms with Crippen molar-refractivity contribution in [3.05, 3.63) is 12.2 Å². The van der Waals surface area contributed by atoms with Gasteiger partial charge in [-0.05, 0) is 37.5 Å². The highest BCUT2D eigenvalue weighted by atomic mass is 35.5. The number of aliphatic hydroxyl groups is 1.